The van der Waals surface area contributed by atoms with Crippen molar-refractivity contribution in [3.8, 4) is 5.75 Å². The number of nitrogen functional groups attached to an aromatic ring is 1. The number of halogens is 1. The molecular weight excluding hydrogens is 402 g/mol. The van der Waals surface area contributed by atoms with E-state index in [0.717, 1.165) is 30.5 Å². The van der Waals surface area contributed by atoms with Gasteiger partial charge in [-0.1, -0.05) is 19.9 Å². The second-order valence-corrected chi connectivity index (χ2v) is 7.84. The second kappa shape index (κ2) is 10.3. The summed E-state index contributed by atoms with van der Waals surface area (Å²) in [5, 5.41) is 6.02. The van der Waals surface area contributed by atoms with Crippen molar-refractivity contribution in [2.45, 2.75) is 45.2 Å². The number of carbonyl (C=O) groups is 2. The van der Waals surface area contributed by atoms with E-state index >= 15 is 0 Å². The highest BCUT2D eigenvalue weighted by atomic mass is 35.5. The van der Waals surface area contributed by atoms with Crippen molar-refractivity contribution >= 4 is 29.9 Å². The SMILES string of the molecule is COc1ccc(C(=O)NC(C(=O)NC2CCCc3cc(N)ccc32)C(C)C)cc1.Cl. The quantitative estimate of drug-likeness (QED) is 0.608. The fraction of sp³-hybridized carbons (Fsp3) is 0.391. The molecular formula is C23H30ClN3O3. The maximum Gasteiger partial charge on any atom is 0.251 e. The lowest BCUT2D eigenvalue weighted by atomic mass is 9.87. The third-order valence-electron chi connectivity index (χ3n) is 5.39. The van der Waals surface area contributed by atoms with Crippen LogP contribution in [0.1, 0.15) is 54.2 Å². The summed E-state index contributed by atoms with van der Waals surface area (Å²) in [6.07, 6.45) is 2.83. The van der Waals surface area contributed by atoms with E-state index in [0.29, 0.717) is 11.3 Å². The number of benzene rings is 2. The van der Waals surface area contributed by atoms with Gasteiger partial charge in [0.15, 0.2) is 0 Å². The molecule has 2 unspecified atom stereocenters. The zero-order valence-corrected chi connectivity index (χ0v) is 18.4. The van der Waals surface area contributed by atoms with Gasteiger partial charge in [0.05, 0.1) is 13.2 Å². The van der Waals surface area contributed by atoms with Gasteiger partial charge in [0.2, 0.25) is 5.91 Å². The topological polar surface area (TPSA) is 93.4 Å². The summed E-state index contributed by atoms with van der Waals surface area (Å²) in [6.45, 7) is 3.85. The van der Waals surface area contributed by atoms with Gasteiger partial charge in [-0.05, 0) is 72.7 Å². The van der Waals surface area contributed by atoms with Gasteiger partial charge in [-0.2, -0.15) is 0 Å². The maximum atomic E-state index is 13.0. The Balaban J connectivity index is 0.00000320. The number of ether oxygens (including phenoxy) is 1. The van der Waals surface area contributed by atoms with Crippen LogP contribution in [0.5, 0.6) is 5.75 Å². The van der Waals surface area contributed by atoms with Crippen molar-refractivity contribution in [2.24, 2.45) is 5.92 Å². The summed E-state index contributed by atoms with van der Waals surface area (Å²) in [4.78, 5) is 25.7. The number of carbonyl (C=O) groups excluding carboxylic acids is 2. The number of rotatable bonds is 6. The number of nitrogens with two attached hydrogens (primary N) is 1. The van der Waals surface area contributed by atoms with Crippen molar-refractivity contribution in [1.82, 2.24) is 10.6 Å². The first kappa shape index (κ1) is 23.5. The highest BCUT2D eigenvalue weighted by Gasteiger charge is 2.29. The Hall–Kier alpha value is -2.73. The summed E-state index contributed by atoms with van der Waals surface area (Å²) < 4.78 is 5.12. The molecule has 2 atom stereocenters. The average molecular weight is 432 g/mol. The van der Waals surface area contributed by atoms with Gasteiger partial charge in [-0.3, -0.25) is 9.59 Å². The van der Waals surface area contributed by atoms with Crippen molar-refractivity contribution in [2.75, 3.05) is 12.8 Å². The molecule has 1 aliphatic rings. The van der Waals surface area contributed by atoms with E-state index in [-0.39, 0.29) is 36.2 Å². The van der Waals surface area contributed by atoms with Crippen molar-refractivity contribution in [3.05, 3.63) is 59.2 Å². The predicted molar refractivity (Wildman–Crippen MR) is 121 cm³/mol. The maximum absolute atomic E-state index is 13.0. The lowest BCUT2D eigenvalue weighted by molar-refractivity contribution is -0.124. The van der Waals surface area contributed by atoms with Gasteiger partial charge in [0.25, 0.3) is 5.91 Å². The summed E-state index contributed by atoms with van der Waals surface area (Å²) in [5.41, 5.74) is 9.43. The van der Waals surface area contributed by atoms with E-state index in [1.165, 1.54) is 5.56 Å². The number of hydrogen-bond acceptors (Lipinski definition) is 4. The molecule has 0 heterocycles. The first-order chi connectivity index (χ1) is 13.9. The van der Waals surface area contributed by atoms with Crippen LogP contribution in [0.25, 0.3) is 0 Å². The Labute approximate surface area is 184 Å². The monoisotopic (exact) mass is 431 g/mol. The molecule has 2 aromatic carbocycles. The van der Waals surface area contributed by atoms with E-state index in [4.69, 9.17) is 10.5 Å². The molecule has 0 aliphatic heterocycles. The summed E-state index contributed by atoms with van der Waals surface area (Å²) in [5.74, 6) is 0.179. The van der Waals surface area contributed by atoms with Crippen LogP contribution >= 0.6 is 12.4 Å². The van der Waals surface area contributed by atoms with E-state index in [2.05, 4.69) is 10.6 Å². The van der Waals surface area contributed by atoms with Gasteiger partial charge in [0.1, 0.15) is 11.8 Å². The van der Waals surface area contributed by atoms with E-state index < -0.39 is 6.04 Å². The Morgan fingerprint density at radius 2 is 1.83 bits per heavy atom. The highest BCUT2D eigenvalue weighted by Crippen LogP contribution is 2.31. The molecule has 2 aromatic rings. The molecule has 1 aliphatic carbocycles. The number of nitrogens with one attached hydrogen (secondary N) is 2. The first-order valence-corrected chi connectivity index (χ1v) is 10.0. The number of fused-ring (bicyclic) bond motifs is 1. The molecule has 7 heteroatoms. The van der Waals surface area contributed by atoms with Crippen LogP contribution in [-0.2, 0) is 11.2 Å². The molecule has 0 radical (unpaired) electrons. The Morgan fingerprint density at radius 1 is 1.13 bits per heavy atom. The molecule has 6 nitrogen and oxygen atoms in total. The number of methoxy groups -OCH3 is 1. The van der Waals surface area contributed by atoms with E-state index in [1.54, 1.807) is 31.4 Å². The number of anilines is 1. The molecule has 2 amide bonds. The molecule has 0 aromatic heterocycles. The van der Waals surface area contributed by atoms with Gasteiger partial charge in [-0.25, -0.2) is 0 Å². The molecule has 0 saturated heterocycles. The predicted octanol–water partition coefficient (Wildman–Crippen LogP) is 3.65. The largest absolute Gasteiger partial charge is 0.497 e. The number of hydrogen-bond donors (Lipinski definition) is 3. The number of aryl methyl sites for hydroxylation is 1. The molecule has 0 fully saturated rings. The van der Waals surface area contributed by atoms with Crippen LogP contribution in [0.2, 0.25) is 0 Å². The van der Waals surface area contributed by atoms with Crippen molar-refractivity contribution in [3.63, 3.8) is 0 Å². The average Bonchev–Trinajstić information content (AvgIpc) is 2.71. The summed E-state index contributed by atoms with van der Waals surface area (Å²) >= 11 is 0. The first-order valence-electron chi connectivity index (χ1n) is 10.0. The molecule has 0 spiro atoms. The Kier molecular flexibility index (Phi) is 8.12. The lowest BCUT2D eigenvalue weighted by Crippen LogP contribution is -2.50. The summed E-state index contributed by atoms with van der Waals surface area (Å²) in [6, 6.07) is 12.0. The second-order valence-electron chi connectivity index (χ2n) is 7.84. The molecule has 3 rings (SSSR count). The van der Waals surface area contributed by atoms with Gasteiger partial charge >= 0.3 is 0 Å². The fourth-order valence-electron chi connectivity index (χ4n) is 3.75. The van der Waals surface area contributed by atoms with Crippen LogP contribution in [0.4, 0.5) is 5.69 Å². The minimum Gasteiger partial charge on any atom is -0.497 e. The van der Waals surface area contributed by atoms with Gasteiger partial charge in [0, 0.05) is 11.3 Å². The van der Waals surface area contributed by atoms with Crippen molar-refractivity contribution < 1.29 is 14.3 Å². The smallest absolute Gasteiger partial charge is 0.251 e. The van der Waals surface area contributed by atoms with Crippen molar-refractivity contribution in [1.29, 1.82) is 0 Å². The molecule has 0 saturated carbocycles. The lowest BCUT2D eigenvalue weighted by Gasteiger charge is -2.29. The third-order valence-corrected chi connectivity index (χ3v) is 5.39. The standard InChI is InChI=1S/C23H29N3O3.ClH/c1-14(2)21(26-22(27)15-7-10-18(29-3)11-8-15)23(28)25-20-6-4-5-16-13-17(24)9-12-19(16)20;/h7-14,20-21H,4-6,24H2,1-3H3,(H,25,28)(H,26,27);1H. The van der Waals surface area contributed by atoms with E-state index in [1.807, 2.05) is 32.0 Å². The van der Waals surface area contributed by atoms with Gasteiger partial charge in [-0.15, -0.1) is 12.4 Å². The molecule has 0 bridgehead atoms. The zero-order chi connectivity index (χ0) is 21.0. The normalized spacial score (nSPS) is 16.1. The minimum atomic E-state index is -0.622. The van der Waals surface area contributed by atoms with Crippen LogP contribution in [0, 0.1) is 5.92 Å². The molecule has 30 heavy (non-hydrogen) atoms. The molecule has 162 valence electrons. The van der Waals surface area contributed by atoms with E-state index in [9.17, 15) is 9.59 Å². The van der Waals surface area contributed by atoms with Crippen LogP contribution in [0.3, 0.4) is 0 Å². The third kappa shape index (κ3) is 5.45. The van der Waals surface area contributed by atoms with Crippen LogP contribution in [0.15, 0.2) is 42.5 Å². The fourth-order valence-corrected chi connectivity index (χ4v) is 3.75. The molecule has 4 N–H and O–H groups in total. The summed E-state index contributed by atoms with van der Waals surface area (Å²) in [7, 11) is 1.58. The van der Waals surface area contributed by atoms with Gasteiger partial charge < -0.3 is 21.1 Å². The Morgan fingerprint density at radius 3 is 2.47 bits per heavy atom. The number of amides is 2. The minimum absolute atomic E-state index is 0. The van der Waals surface area contributed by atoms with Crippen LogP contribution < -0.4 is 21.1 Å². The van der Waals surface area contributed by atoms with Crippen LogP contribution in [-0.4, -0.2) is 25.0 Å². The highest BCUT2D eigenvalue weighted by molar-refractivity contribution is 5.97. The Bertz CT molecular complexity index is 884. The zero-order valence-electron chi connectivity index (χ0n) is 17.6.